The van der Waals surface area contributed by atoms with Gasteiger partial charge in [0, 0.05) is 6.54 Å². The van der Waals surface area contributed by atoms with Gasteiger partial charge in [-0.3, -0.25) is 0 Å². The van der Waals surface area contributed by atoms with Crippen LogP contribution in [0, 0.1) is 0 Å². The van der Waals surface area contributed by atoms with Crippen LogP contribution in [0.4, 0.5) is 18.9 Å². The van der Waals surface area contributed by atoms with E-state index >= 15 is 0 Å². The first kappa shape index (κ1) is 19.6. The number of ether oxygens (including phenoxy) is 1. The fourth-order valence-electron chi connectivity index (χ4n) is 2.34. The number of nitrogens with zero attached hydrogens (tertiary/aromatic N) is 2. The molecule has 0 amide bonds. The monoisotopic (exact) mass is 366 g/mol. The number of alkyl halides is 3. The number of nitrogens with one attached hydrogen (secondary N) is 1. The number of hydrogen-bond donors (Lipinski definition) is 2. The van der Waals surface area contributed by atoms with E-state index in [1.807, 2.05) is 43.3 Å². The second-order valence-electron chi connectivity index (χ2n) is 5.88. The Labute approximate surface area is 150 Å². The quantitative estimate of drug-likeness (QED) is 0.606. The molecule has 0 fully saturated rings. The highest BCUT2D eigenvalue weighted by molar-refractivity contribution is 5.93. The highest BCUT2D eigenvalue weighted by Gasteiger charge is 2.32. The molecule has 2 aromatic carbocycles. The molecule has 3 N–H and O–H groups in total. The molecule has 2 aromatic rings. The van der Waals surface area contributed by atoms with Gasteiger partial charge in [0.05, 0.1) is 12.2 Å². The molecule has 0 aliphatic rings. The highest BCUT2D eigenvalue weighted by Crippen LogP contribution is 2.29. The molecule has 0 aliphatic heterocycles. The van der Waals surface area contributed by atoms with E-state index in [4.69, 9.17) is 5.73 Å². The third-order valence-electron chi connectivity index (χ3n) is 3.40. The smallest absolute Gasteiger partial charge is 0.404 e. The molecule has 26 heavy (non-hydrogen) atoms. The van der Waals surface area contributed by atoms with E-state index in [1.165, 1.54) is 18.2 Å². The fourth-order valence-corrected chi connectivity index (χ4v) is 2.34. The fraction of sp³-hybridized carbons (Fsp3) is 0.278. The maximum atomic E-state index is 12.5. The van der Waals surface area contributed by atoms with Crippen LogP contribution in [0.2, 0.25) is 0 Å². The summed E-state index contributed by atoms with van der Waals surface area (Å²) < 4.78 is 41.4. The van der Waals surface area contributed by atoms with Gasteiger partial charge in [0.25, 0.3) is 0 Å². The zero-order chi connectivity index (χ0) is 19.2. The molecule has 2 rings (SSSR count). The minimum Gasteiger partial charge on any atom is -0.404 e. The summed E-state index contributed by atoms with van der Waals surface area (Å²) in [5, 5.41) is 2.66. The molecular formula is C18H21F3N4O. The minimum absolute atomic E-state index is 0.00267. The molecule has 0 saturated carbocycles. The van der Waals surface area contributed by atoms with E-state index in [2.05, 4.69) is 15.0 Å². The largest absolute Gasteiger partial charge is 0.573 e. The first-order chi connectivity index (χ1) is 12.2. The Morgan fingerprint density at radius 1 is 1.08 bits per heavy atom. The zero-order valence-electron chi connectivity index (χ0n) is 14.5. The SMILES string of the molecule is CN(C)Cc1ccccc1CN=C(N)Nc1ccccc1OC(F)(F)F. The Morgan fingerprint density at radius 2 is 1.69 bits per heavy atom. The molecule has 0 bridgehead atoms. The van der Waals surface area contributed by atoms with Gasteiger partial charge in [-0.25, -0.2) is 4.99 Å². The maximum Gasteiger partial charge on any atom is 0.573 e. The van der Waals surface area contributed by atoms with Crippen molar-refractivity contribution in [3.05, 3.63) is 59.7 Å². The van der Waals surface area contributed by atoms with Crippen LogP contribution in [0.3, 0.4) is 0 Å². The van der Waals surface area contributed by atoms with Crippen molar-refractivity contribution in [1.82, 2.24) is 4.90 Å². The number of halogens is 3. The number of guanidine groups is 1. The predicted molar refractivity (Wildman–Crippen MR) is 95.9 cm³/mol. The number of hydrogen-bond acceptors (Lipinski definition) is 3. The van der Waals surface area contributed by atoms with Crippen LogP contribution in [0.25, 0.3) is 0 Å². The lowest BCUT2D eigenvalue weighted by molar-refractivity contribution is -0.274. The van der Waals surface area contributed by atoms with E-state index in [0.717, 1.165) is 17.7 Å². The summed E-state index contributed by atoms with van der Waals surface area (Å²) in [4.78, 5) is 6.26. The minimum atomic E-state index is -4.78. The Morgan fingerprint density at radius 3 is 2.35 bits per heavy atom. The van der Waals surface area contributed by atoms with Crippen molar-refractivity contribution in [1.29, 1.82) is 0 Å². The number of anilines is 1. The molecule has 0 atom stereocenters. The van der Waals surface area contributed by atoms with Crippen LogP contribution in [-0.4, -0.2) is 31.3 Å². The summed E-state index contributed by atoms with van der Waals surface area (Å²) in [5.41, 5.74) is 8.02. The Hall–Kier alpha value is -2.74. The van der Waals surface area contributed by atoms with Crippen LogP contribution < -0.4 is 15.8 Å². The van der Waals surface area contributed by atoms with Crippen LogP contribution in [-0.2, 0) is 13.1 Å². The van der Waals surface area contributed by atoms with Crippen molar-refractivity contribution < 1.29 is 17.9 Å². The average Bonchev–Trinajstić information content (AvgIpc) is 2.54. The third-order valence-corrected chi connectivity index (χ3v) is 3.40. The number of para-hydroxylation sites is 2. The van der Waals surface area contributed by atoms with Gasteiger partial charge < -0.3 is 20.7 Å². The van der Waals surface area contributed by atoms with Crippen LogP contribution in [0.5, 0.6) is 5.75 Å². The summed E-state index contributed by atoms with van der Waals surface area (Å²) in [6.45, 7) is 1.06. The van der Waals surface area contributed by atoms with Crippen molar-refractivity contribution in [2.75, 3.05) is 19.4 Å². The molecule has 140 valence electrons. The van der Waals surface area contributed by atoms with Crippen LogP contribution in [0.15, 0.2) is 53.5 Å². The molecule has 0 spiro atoms. The lowest BCUT2D eigenvalue weighted by atomic mass is 10.1. The predicted octanol–water partition coefficient (Wildman–Crippen LogP) is 3.57. The van der Waals surface area contributed by atoms with Crippen molar-refractivity contribution in [3.8, 4) is 5.75 Å². The number of rotatable bonds is 6. The zero-order valence-corrected chi connectivity index (χ0v) is 14.5. The van der Waals surface area contributed by atoms with Gasteiger partial charge in [-0.15, -0.1) is 13.2 Å². The molecule has 0 saturated heterocycles. The van der Waals surface area contributed by atoms with E-state index in [-0.39, 0.29) is 17.4 Å². The Balaban J connectivity index is 2.11. The van der Waals surface area contributed by atoms with Crippen molar-refractivity contribution >= 4 is 11.6 Å². The highest BCUT2D eigenvalue weighted by atomic mass is 19.4. The van der Waals surface area contributed by atoms with E-state index in [1.54, 1.807) is 6.07 Å². The van der Waals surface area contributed by atoms with E-state index in [0.29, 0.717) is 6.54 Å². The normalized spacial score (nSPS) is 12.3. The topological polar surface area (TPSA) is 62.9 Å². The number of benzene rings is 2. The first-order valence-corrected chi connectivity index (χ1v) is 7.88. The summed E-state index contributed by atoms with van der Waals surface area (Å²) in [6.07, 6.45) is -4.78. The molecule has 0 heterocycles. The van der Waals surface area contributed by atoms with Crippen molar-refractivity contribution in [3.63, 3.8) is 0 Å². The molecule has 0 aromatic heterocycles. The molecule has 0 radical (unpaired) electrons. The van der Waals surface area contributed by atoms with Gasteiger partial charge in [0.1, 0.15) is 0 Å². The lowest BCUT2D eigenvalue weighted by Gasteiger charge is -2.15. The van der Waals surface area contributed by atoms with Crippen LogP contribution >= 0.6 is 0 Å². The number of nitrogens with two attached hydrogens (primary N) is 1. The Bertz CT molecular complexity index is 760. The van der Waals surface area contributed by atoms with Gasteiger partial charge in [0.2, 0.25) is 0 Å². The third kappa shape index (κ3) is 6.29. The molecular weight excluding hydrogens is 345 g/mol. The van der Waals surface area contributed by atoms with Crippen molar-refractivity contribution in [2.45, 2.75) is 19.5 Å². The molecule has 0 unspecified atom stereocenters. The van der Waals surface area contributed by atoms with Gasteiger partial charge in [-0.2, -0.15) is 0 Å². The summed E-state index contributed by atoms with van der Waals surface area (Å²) in [6, 6.07) is 13.4. The second kappa shape index (κ2) is 8.57. The summed E-state index contributed by atoms with van der Waals surface area (Å²) in [7, 11) is 3.93. The van der Waals surface area contributed by atoms with Crippen LogP contribution in [0.1, 0.15) is 11.1 Å². The van der Waals surface area contributed by atoms with Gasteiger partial charge in [-0.1, -0.05) is 36.4 Å². The maximum absolute atomic E-state index is 12.5. The second-order valence-corrected chi connectivity index (χ2v) is 5.88. The van der Waals surface area contributed by atoms with Crippen molar-refractivity contribution in [2.24, 2.45) is 10.7 Å². The standard InChI is InChI=1S/C18H21F3N4O/c1-25(2)12-14-8-4-3-7-13(14)11-23-17(22)24-15-9-5-6-10-16(15)26-18(19,20)21/h3-10H,11-12H2,1-2H3,(H3,22,23,24). The van der Waals surface area contributed by atoms with E-state index < -0.39 is 6.36 Å². The molecule has 0 aliphatic carbocycles. The Kier molecular flexibility index (Phi) is 6.46. The molecule has 5 nitrogen and oxygen atoms in total. The van der Waals surface area contributed by atoms with E-state index in [9.17, 15) is 13.2 Å². The average molecular weight is 366 g/mol. The van der Waals surface area contributed by atoms with Gasteiger partial charge in [0.15, 0.2) is 11.7 Å². The first-order valence-electron chi connectivity index (χ1n) is 7.88. The lowest BCUT2D eigenvalue weighted by Crippen LogP contribution is -2.24. The van der Waals surface area contributed by atoms with Gasteiger partial charge in [-0.05, 0) is 37.4 Å². The summed E-state index contributed by atoms with van der Waals surface area (Å²) in [5.74, 6) is -0.367. The molecule has 8 heteroatoms. The van der Waals surface area contributed by atoms with Gasteiger partial charge >= 0.3 is 6.36 Å². The number of aliphatic imine (C=N–C) groups is 1. The summed E-state index contributed by atoms with van der Waals surface area (Å²) >= 11 is 0.